The van der Waals surface area contributed by atoms with E-state index in [1.165, 1.54) is 17.4 Å². The molecule has 1 aliphatic heterocycles. The fourth-order valence-electron chi connectivity index (χ4n) is 3.42. The highest BCUT2D eigenvalue weighted by Gasteiger charge is 2.32. The number of carbonyl (C=O) groups excluding carboxylic acids is 1. The largest absolute Gasteiger partial charge is 0.480 e. The van der Waals surface area contributed by atoms with Crippen LogP contribution in [0.15, 0.2) is 42.5 Å². The average molecular weight is 434 g/mol. The molecule has 1 aromatic heterocycles. The lowest BCUT2D eigenvalue weighted by Crippen LogP contribution is -2.37. The topological polar surface area (TPSA) is 66.8 Å². The van der Waals surface area contributed by atoms with Gasteiger partial charge >= 0.3 is 11.9 Å². The van der Waals surface area contributed by atoms with Crippen LogP contribution < -0.4 is 4.74 Å². The predicted octanol–water partition coefficient (Wildman–Crippen LogP) is 5.24. The molecule has 3 rings (SSSR count). The van der Waals surface area contributed by atoms with E-state index in [-0.39, 0.29) is 5.97 Å². The number of halogens is 1. The van der Waals surface area contributed by atoms with Crippen LogP contribution in [-0.2, 0) is 22.6 Å². The van der Waals surface area contributed by atoms with Crippen LogP contribution in [0.25, 0.3) is 0 Å². The smallest absolute Gasteiger partial charge is 0.336 e. The second-order valence-electron chi connectivity index (χ2n) is 6.96. The number of carboxylic acid groups (broad SMARTS) is 1. The van der Waals surface area contributed by atoms with Crippen molar-refractivity contribution >= 4 is 34.9 Å². The second kappa shape index (κ2) is 10.1. The van der Waals surface area contributed by atoms with Crippen molar-refractivity contribution in [3.05, 3.63) is 63.5 Å². The Morgan fingerprint density at radius 3 is 2.90 bits per heavy atom. The van der Waals surface area contributed by atoms with Gasteiger partial charge in [0.05, 0.1) is 0 Å². The van der Waals surface area contributed by atoms with E-state index < -0.39 is 12.0 Å². The number of hydrogen-bond donors (Lipinski definition) is 1. The van der Waals surface area contributed by atoms with Gasteiger partial charge in [0.2, 0.25) is 0 Å². The summed E-state index contributed by atoms with van der Waals surface area (Å²) in [6.07, 6.45) is 7.00. The van der Waals surface area contributed by atoms with Crippen LogP contribution in [-0.4, -0.2) is 28.5 Å². The first-order chi connectivity index (χ1) is 14.0. The van der Waals surface area contributed by atoms with Crippen LogP contribution >= 0.6 is 22.9 Å². The lowest BCUT2D eigenvalue weighted by atomic mass is 10.0. The molecule has 0 aliphatic carbocycles. The molecule has 5 nitrogen and oxygen atoms in total. The van der Waals surface area contributed by atoms with Crippen LogP contribution in [0.2, 0.25) is 5.02 Å². The van der Waals surface area contributed by atoms with Gasteiger partial charge in [0.1, 0.15) is 6.04 Å². The zero-order valence-electron chi connectivity index (χ0n) is 16.3. The first kappa shape index (κ1) is 21.6. The monoisotopic (exact) mass is 433 g/mol. The molecule has 0 radical (unpaired) electrons. The van der Waals surface area contributed by atoms with Gasteiger partial charge in [-0.25, -0.2) is 4.79 Å². The Bertz CT molecular complexity index is 908. The number of allylic oxidation sites excluding steroid dienone is 1. The highest BCUT2D eigenvalue weighted by molar-refractivity contribution is 7.14. The maximum Gasteiger partial charge on any atom is 0.336 e. The number of benzene rings is 1. The third kappa shape index (κ3) is 5.47. The number of fused-ring (bicyclic) bond motifs is 1. The fourth-order valence-corrected chi connectivity index (χ4v) is 4.67. The number of unbranched alkanes of at least 4 members (excludes halogenated alkanes) is 2. The van der Waals surface area contributed by atoms with E-state index in [9.17, 15) is 14.7 Å². The van der Waals surface area contributed by atoms with Gasteiger partial charge in [-0.15, -0.1) is 11.3 Å². The van der Waals surface area contributed by atoms with Gasteiger partial charge < -0.3 is 9.84 Å². The lowest BCUT2D eigenvalue weighted by Gasteiger charge is -2.32. The van der Waals surface area contributed by atoms with Gasteiger partial charge in [0, 0.05) is 29.1 Å². The Kier molecular flexibility index (Phi) is 7.47. The van der Waals surface area contributed by atoms with Crippen molar-refractivity contribution in [3.8, 4) is 5.06 Å². The highest BCUT2D eigenvalue weighted by atomic mass is 35.5. The number of ether oxygens (including phenoxy) is 1. The number of nitrogens with zero attached hydrogens (tertiary/aromatic N) is 1. The molecule has 0 bridgehead atoms. The molecule has 29 heavy (non-hydrogen) atoms. The molecular weight excluding hydrogens is 410 g/mol. The molecule has 7 heteroatoms. The molecule has 0 fully saturated rings. The summed E-state index contributed by atoms with van der Waals surface area (Å²) >= 11 is 7.70. The molecule has 1 unspecified atom stereocenters. The van der Waals surface area contributed by atoms with Crippen LogP contribution in [0.4, 0.5) is 0 Å². The van der Waals surface area contributed by atoms with Crippen molar-refractivity contribution in [2.24, 2.45) is 0 Å². The molecule has 0 saturated heterocycles. The molecule has 1 atom stereocenters. The van der Waals surface area contributed by atoms with Gasteiger partial charge in [-0.3, -0.25) is 9.69 Å². The predicted molar refractivity (Wildman–Crippen MR) is 115 cm³/mol. The first-order valence-corrected chi connectivity index (χ1v) is 10.9. The minimum absolute atomic E-state index is 0.379. The van der Waals surface area contributed by atoms with Gasteiger partial charge in [-0.2, -0.15) is 0 Å². The molecular formula is C22H24ClNO4S. The zero-order valence-corrected chi connectivity index (χ0v) is 17.8. The van der Waals surface area contributed by atoms with Gasteiger partial charge in [-0.1, -0.05) is 55.6 Å². The van der Waals surface area contributed by atoms with Crippen LogP contribution in [0, 0.1) is 0 Å². The minimum atomic E-state index is -0.930. The number of carboxylic acids is 1. The Labute approximate surface area is 179 Å². The number of thiophene rings is 1. The number of esters is 1. The average Bonchev–Trinajstić information content (AvgIpc) is 3.08. The summed E-state index contributed by atoms with van der Waals surface area (Å²) in [7, 11) is 0. The van der Waals surface area contributed by atoms with E-state index >= 15 is 0 Å². The zero-order chi connectivity index (χ0) is 20.8. The molecule has 0 amide bonds. The summed E-state index contributed by atoms with van der Waals surface area (Å²) < 4.78 is 5.43. The van der Waals surface area contributed by atoms with Gasteiger partial charge in [0.25, 0.3) is 0 Å². The van der Waals surface area contributed by atoms with E-state index in [1.807, 2.05) is 17.0 Å². The Balaban J connectivity index is 1.71. The van der Waals surface area contributed by atoms with Crippen LogP contribution in [0.5, 0.6) is 5.06 Å². The molecule has 2 aromatic rings. The summed E-state index contributed by atoms with van der Waals surface area (Å²) in [6, 6.07) is 8.07. The molecule has 1 aromatic carbocycles. The SMILES string of the molecule is CCCC/C=C/C(=O)Oc1cc2c(s1)CCN(C(C(=O)O)c1ccccc1Cl)C2. The molecule has 154 valence electrons. The van der Waals surface area contributed by atoms with Crippen LogP contribution in [0.1, 0.15) is 48.2 Å². The van der Waals surface area contributed by atoms with Crippen molar-refractivity contribution in [1.29, 1.82) is 0 Å². The summed E-state index contributed by atoms with van der Waals surface area (Å²) in [6.45, 7) is 3.17. The highest BCUT2D eigenvalue weighted by Crippen LogP contribution is 2.37. The maximum atomic E-state index is 12.0. The van der Waals surface area contributed by atoms with Gasteiger partial charge in [0.15, 0.2) is 5.06 Å². The standard InChI is InChI=1S/C22H24ClNO4S/c1-2-3-4-5-10-19(25)28-20-13-15-14-24(12-11-18(15)29-20)21(22(26)27)16-8-6-7-9-17(16)23/h5-10,13,21H,2-4,11-12,14H2,1H3,(H,26,27)/b10-5+. The Hall–Kier alpha value is -2.15. The minimum Gasteiger partial charge on any atom is -0.480 e. The second-order valence-corrected chi connectivity index (χ2v) is 8.47. The van der Waals surface area contributed by atoms with Crippen molar-refractivity contribution in [1.82, 2.24) is 4.90 Å². The fraction of sp³-hybridized carbons (Fsp3) is 0.364. The van der Waals surface area contributed by atoms with E-state index in [0.29, 0.717) is 35.2 Å². The number of rotatable bonds is 8. The molecule has 1 aliphatic rings. The number of hydrogen-bond acceptors (Lipinski definition) is 5. The quantitative estimate of drug-likeness (QED) is 0.350. The number of aliphatic carboxylic acids is 1. The van der Waals surface area contributed by atoms with Crippen molar-refractivity contribution < 1.29 is 19.4 Å². The number of carbonyl (C=O) groups is 2. The van der Waals surface area contributed by atoms with E-state index in [4.69, 9.17) is 16.3 Å². The van der Waals surface area contributed by atoms with Crippen molar-refractivity contribution in [3.63, 3.8) is 0 Å². The third-order valence-corrected chi connectivity index (χ3v) is 6.31. The van der Waals surface area contributed by atoms with E-state index in [0.717, 1.165) is 29.7 Å². The summed E-state index contributed by atoms with van der Waals surface area (Å²) in [4.78, 5) is 27.0. The Morgan fingerprint density at radius 1 is 1.38 bits per heavy atom. The summed E-state index contributed by atoms with van der Waals surface area (Å²) in [5, 5.41) is 10.8. The van der Waals surface area contributed by atoms with E-state index in [2.05, 4.69) is 6.92 Å². The Morgan fingerprint density at radius 2 is 2.17 bits per heavy atom. The van der Waals surface area contributed by atoms with E-state index in [1.54, 1.807) is 24.3 Å². The molecule has 0 spiro atoms. The molecule has 2 heterocycles. The maximum absolute atomic E-state index is 12.0. The summed E-state index contributed by atoms with van der Waals surface area (Å²) in [5.41, 5.74) is 1.58. The van der Waals surface area contributed by atoms with Gasteiger partial charge in [-0.05, 0) is 36.1 Å². The first-order valence-electron chi connectivity index (χ1n) is 9.70. The molecule has 0 saturated carbocycles. The van der Waals surface area contributed by atoms with Crippen LogP contribution in [0.3, 0.4) is 0 Å². The molecule has 1 N–H and O–H groups in total. The van der Waals surface area contributed by atoms with Crippen molar-refractivity contribution in [2.45, 2.75) is 45.2 Å². The normalized spacial score (nSPS) is 15.2. The third-order valence-electron chi connectivity index (χ3n) is 4.85. The lowest BCUT2D eigenvalue weighted by molar-refractivity contribution is -0.144. The summed E-state index contributed by atoms with van der Waals surface area (Å²) in [5.74, 6) is -1.31. The van der Waals surface area contributed by atoms with Crippen molar-refractivity contribution in [2.75, 3.05) is 6.54 Å².